The molecule has 1 amide bonds. The molecule has 5 nitrogen and oxygen atoms in total. The molecule has 1 aliphatic carbocycles. The van der Waals surface area contributed by atoms with Crippen LogP contribution in [0, 0.1) is 17.3 Å². The maximum absolute atomic E-state index is 13.8. The van der Waals surface area contributed by atoms with Crippen LogP contribution in [0.4, 0.5) is 13.2 Å². The van der Waals surface area contributed by atoms with Crippen molar-refractivity contribution in [2.45, 2.75) is 77.7 Å². The van der Waals surface area contributed by atoms with Crippen LogP contribution in [0.2, 0.25) is 0 Å². The predicted molar refractivity (Wildman–Crippen MR) is 115 cm³/mol. The van der Waals surface area contributed by atoms with Gasteiger partial charge in [-0.25, -0.2) is 0 Å². The Kier molecular flexibility index (Phi) is 6.56. The van der Waals surface area contributed by atoms with Crippen molar-refractivity contribution in [3.8, 4) is 0 Å². The standard InChI is InChI=1S/C24H34F3N3O2/c1-15(2)23(7-4-19(11-23)29-20-6-9-32-14-16(20)3)22(31)30-8-5-21-17(13-30)10-18(12-28-21)24(25,26)27/h10,12,15-16,19-20,29H,4-9,11,13-14H2,1-3H3/t16-,19-,20+,23+/m1/s1. The number of ether oxygens (including phenoxy) is 1. The highest BCUT2D eigenvalue weighted by atomic mass is 19.4. The zero-order valence-electron chi connectivity index (χ0n) is 19.2. The monoisotopic (exact) mass is 453 g/mol. The maximum atomic E-state index is 13.8. The number of carbonyl (C=O) groups excluding carboxylic acids is 1. The number of fused-ring (bicyclic) bond motifs is 1. The lowest BCUT2D eigenvalue weighted by atomic mass is 9.74. The minimum absolute atomic E-state index is 0.0832. The average Bonchev–Trinajstić information content (AvgIpc) is 3.19. The molecule has 2 aliphatic heterocycles. The highest BCUT2D eigenvalue weighted by Crippen LogP contribution is 2.47. The number of carbonyl (C=O) groups is 1. The summed E-state index contributed by atoms with van der Waals surface area (Å²) in [5.74, 6) is 0.692. The van der Waals surface area contributed by atoms with E-state index < -0.39 is 17.2 Å². The van der Waals surface area contributed by atoms with Crippen LogP contribution in [-0.2, 0) is 28.7 Å². The molecule has 0 bridgehead atoms. The molecule has 1 N–H and O–H groups in total. The molecule has 3 heterocycles. The fourth-order valence-electron chi connectivity index (χ4n) is 5.68. The number of aromatic nitrogens is 1. The van der Waals surface area contributed by atoms with Gasteiger partial charge in [0, 0.05) is 50.1 Å². The van der Waals surface area contributed by atoms with Gasteiger partial charge in [0.15, 0.2) is 0 Å². The molecule has 1 saturated heterocycles. The van der Waals surface area contributed by atoms with Gasteiger partial charge in [-0.2, -0.15) is 13.2 Å². The van der Waals surface area contributed by atoms with E-state index in [0.29, 0.717) is 36.2 Å². The normalized spacial score (nSPS) is 31.1. The Morgan fingerprint density at radius 2 is 2.12 bits per heavy atom. The molecule has 0 unspecified atom stereocenters. The van der Waals surface area contributed by atoms with Crippen LogP contribution in [0.5, 0.6) is 0 Å². The summed E-state index contributed by atoms with van der Waals surface area (Å²) in [5, 5.41) is 3.79. The minimum atomic E-state index is -4.43. The summed E-state index contributed by atoms with van der Waals surface area (Å²) in [7, 11) is 0. The van der Waals surface area contributed by atoms with E-state index in [-0.39, 0.29) is 24.4 Å². The van der Waals surface area contributed by atoms with Gasteiger partial charge in [0.25, 0.3) is 0 Å². The highest BCUT2D eigenvalue weighted by molar-refractivity contribution is 5.83. The number of amides is 1. The van der Waals surface area contributed by atoms with Gasteiger partial charge in [-0.15, -0.1) is 0 Å². The second-order valence-electron chi connectivity index (χ2n) is 10.2. The predicted octanol–water partition coefficient (Wildman–Crippen LogP) is 4.19. The summed E-state index contributed by atoms with van der Waals surface area (Å²) < 4.78 is 45.0. The van der Waals surface area contributed by atoms with Crippen molar-refractivity contribution in [3.63, 3.8) is 0 Å². The summed E-state index contributed by atoms with van der Waals surface area (Å²) >= 11 is 0. The Labute approximate surface area is 188 Å². The molecule has 178 valence electrons. The van der Waals surface area contributed by atoms with Crippen molar-refractivity contribution >= 4 is 5.91 Å². The van der Waals surface area contributed by atoms with Crippen molar-refractivity contribution in [2.24, 2.45) is 17.3 Å². The molecule has 1 saturated carbocycles. The van der Waals surface area contributed by atoms with Crippen LogP contribution in [0.25, 0.3) is 0 Å². The third kappa shape index (κ3) is 4.53. The van der Waals surface area contributed by atoms with E-state index in [1.807, 2.05) is 0 Å². The van der Waals surface area contributed by atoms with Gasteiger partial charge < -0.3 is 15.0 Å². The van der Waals surface area contributed by atoms with E-state index in [9.17, 15) is 18.0 Å². The molecule has 8 heteroatoms. The topological polar surface area (TPSA) is 54.5 Å². The average molecular weight is 454 g/mol. The SMILES string of the molecule is CC(C)[C@]1(C(=O)N2CCc3ncc(C(F)(F)F)cc3C2)CC[C@@H](N[C@H]2CCOC[C@H]2C)C1. The van der Waals surface area contributed by atoms with Gasteiger partial charge in [0.1, 0.15) is 0 Å². The number of pyridine rings is 1. The van der Waals surface area contributed by atoms with E-state index in [2.05, 4.69) is 31.1 Å². The Balaban J connectivity index is 1.48. The zero-order valence-corrected chi connectivity index (χ0v) is 19.2. The lowest BCUT2D eigenvalue weighted by Gasteiger charge is -2.40. The summed E-state index contributed by atoms with van der Waals surface area (Å²) in [6, 6.07) is 1.85. The van der Waals surface area contributed by atoms with Crippen molar-refractivity contribution in [3.05, 3.63) is 29.1 Å². The first-order valence-electron chi connectivity index (χ1n) is 11.8. The first-order chi connectivity index (χ1) is 15.1. The van der Waals surface area contributed by atoms with Crippen molar-refractivity contribution in [1.82, 2.24) is 15.2 Å². The Hall–Kier alpha value is -1.67. The van der Waals surface area contributed by atoms with Gasteiger partial charge in [0.05, 0.1) is 17.6 Å². The summed E-state index contributed by atoms with van der Waals surface area (Å²) in [6.45, 7) is 8.63. The van der Waals surface area contributed by atoms with Crippen LogP contribution in [0.15, 0.2) is 12.3 Å². The van der Waals surface area contributed by atoms with Crippen LogP contribution < -0.4 is 5.32 Å². The Morgan fingerprint density at radius 1 is 1.34 bits per heavy atom. The molecular weight excluding hydrogens is 419 g/mol. The molecule has 1 aromatic heterocycles. The van der Waals surface area contributed by atoms with Crippen molar-refractivity contribution in [1.29, 1.82) is 0 Å². The molecule has 0 spiro atoms. The van der Waals surface area contributed by atoms with E-state index >= 15 is 0 Å². The first kappa shape index (κ1) is 23.5. The molecule has 3 aliphatic rings. The lowest BCUT2D eigenvalue weighted by Crippen LogP contribution is -2.49. The van der Waals surface area contributed by atoms with E-state index in [0.717, 1.165) is 51.2 Å². The molecule has 4 rings (SSSR count). The number of halogens is 3. The van der Waals surface area contributed by atoms with Gasteiger partial charge in [0.2, 0.25) is 5.91 Å². The molecular formula is C24H34F3N3O2. The third-order valence-electron chi connectivity index (χ3n) is 7.83. The van der Waals surface area contributed by atoms with Gasteiger partial charge >= 0.3 is 6.18 Å². The number of rotatable bonds is 4. The minimum Gasteiger partial charge on any atom is -0.381 e. The number of nitrogens with one attached hydrogen (secondary N) is 1. The molecule has 32 heavy (non-hydrogen) atoms. The summed E-state index contributed by atoms with van der Waals surface area (Å²) in [6.07, 6.45) is 0.473. The maximum Gasteiger partial charge on any atom is 0.417 e. The van der Waals surface area contributed by atoms with Crippen LogP contribution in [0.1, 0.15) is 63.3 Å². The quantitative estimate of drug-likeness (QED) is 0.743. The smallest absolute Gasteiger partial charge is 0.381 e. The zero-order chi connectivity index (χ0) is 23.1. The second-order valence-corrected chi connectivity index (χ2v) is 10.2. The Bertz CT molecular complexity index is 844. The lowest BCUT2D eigenvalue weighted by molar-refractivity contribution is -0.146. The summed E-state index contributed by atoms with van der Waals surface area (Å²) in [5.41, 5.74) is -0.0412. The van der Waals surface area contributed by atoms with Gasteiger partial charge in [-0.1, -0.05) is 20.8 Å². The molecule has 0 aromatic carbocycles. The van der Waals surface area contributed by atoms with Gasteiger partial charge in [-0.05, 0) is 49.1 Å². The van der Waals surface area contributed by atoms with Gasteiger partial charge in [-0.3, -0.25) is 9.78 Å². The number of nitrogens with zero attached hydrogens (tertiary/aromatic N) is 2. The van der Waals surface area contributed by atoms with E-state index in [4.69, 9.17) is 4.74 Å². The fourth-order valence-corrected chi connectivity index (χ4v) is 5.68. The number of hydrogen-bond acceptors (Lipinski definition) is 4. The van der Waals surface area contributed by atoms with Crippen LogP contribution >= 0.6 is 0 Å². The van der Waals surface area contributed by atoms with E-state index in [1.165, 1.54) is 0 Å². The number of hydrogen-bond donors (Lipinski definition) is 1. The molecule has 4 atom stereocenters. The van der Waals surface area contributed by atoms with Crippen LogP contribution in [-0.4, -0.2) is 47.6 Å². The summed E-state index contributed by atoms with van der Waals surface area (Å²) in [4.78, 5) is 19.6. The highest BCUT2D eigenvalue weighted by Gasteiger charge is 2.50. The molecule has 2 fully saturated rings. The second kappa shape index (κ2) is 8.93. The fraction of sp³-hybridized carbons (Fsp3) is 0.750. The van der Waals surface area contributed by atoms with Crippen molar-refractivity contribution in [2.75, 3.05) is 19.8 Å². The third-order valence-corrected chi connectivity index (χ3v) is 7.83. The number of alkyl halides is 3. The first-order valence-corrected chi connectivity index (χ1v) is 11.8. The Morgan fingerprint density at radius 3 is 2.81 bits per heavy atom. The molecule has 1 aromatic rings. The van der Waals surface area contributed by atoms with Crippen molar-refractivity contribution < 1.29 is 22.7 Å². The van der Waals surface area contributed by atoms with Crippen LogP contribution in [0.3, 0.4) is 0 Å². The molecule has 0 radical (unpaired) electrons. The van der Waals surface area contributed by atoms with E-state index in [1.54, 1.807) is 4.90 Å². The largest absolute Gasteiger partial charge is 0.417 e.